The predicted molar refractivity (Wildman–Crippen MR) is 44.8 cm³/mol. The molecule has 0 atom stereocenters. The number of hydrogen-bond acceptors (Lipinski definition) is 2. The molecule has 1 aromatic rings. The van der Waals surface area contributed by atoms with Crippen LogP contribution in [0.2, 0.25) is 0 Å². The lowest BCUT2D eigenvalue weighted by Crippen LogP contribution is -1.80. The van der Waals surface area contributed by atoms with E-state index < -0.39 is 0 Å². The fourth-order valence-electron chi connectivity index (χ4n) is 0.822. The molecule has 54 valence electrons. The SMILES string of the molecule is Cc1cc(S)cc(O)c1C. The Labute approximate surface area is 66.1 Å². The van der Waals surface area contributed by atoms with Gasteiger partial charge >= 0.3 is 0 Å². The van der Waals surface area contributed by atoms with Gasteiger partial charge < -0.3 is 5.11 Å². The van der Waals surface area contributed by atoms with Gasteiger partial charge in [-0.3, -0.25) is 0 Å². The van der Waals surface area contributed by atoms with E-state index in [4.69, 9.17) is 0 Å². The molecule has 0 aliphatic rings. The van der Waals surface area contributed by atoms with Crippen LogP contribution < -0.4 is 0 Å². The largest absolute Gasteiger partial charge is 0.508 e. The Morgan fingerprint density at radius 1 is 1.30 bits per heavy atom. The molecule has 1 aromatic carbocycles. The molecular weight excluding hydrogens is 144 g/mol. The Morgan fingerprint density at radius 3 is 2.40 bits per heavy atom. The maximum atomic E-state index is 9.23. The van der Waals surface area contributed by atoms with Crippen molar-refractivity contribution in [3.05, 3.63) is 23.3 Å². The summed E-state index contributed by atoms with van der Waals surface area (Å²) in [6, 6.07) is 3.57. The number of aryl methyl sites for hydroxylation is 1. The topological polar surface area (TPSA) is 20.2 Å². The van der Waals surface area contributed by atoms with E-state index in [2.05, 4.69) is 12.6 Å². The summed E-state index contributed by atoms with van der Waals surface area (Å²) >= 11 is 4.11. The van der Waals surface area contributed by atoms with Gasteiger partial charge in [-0.05, 0) is 37.1 Å². The number of hydrogen-bond donors (Lipinski definition) is 2. The first-order valence-electron chi connectivity index (χ1n) is 3.10. The molecular formula is C8H10OS. The monoisotopic (exact) mass is 154 g/mol. The van der Waals surface area contributed by atoms with E-state index >= 15 is 0 Å². The highest BCUT2D eigenvalue weighted by Crippen LogP contribution is 2.23. The number of rotatable bonds is 0. The second kappa shape index (κ2) is 2.54. The van der Waals surface area contributed by atoms with Crippen LogP contribution in [-0.4, -0.2) is 5.11 Å². The van der Waals surface area contributed by atoms with Crippen LogP contribution in [0.4, 0.5) is 0 Å². The van der Waals surface area contributed by atoms with Crippen molar-refractivity contribution in [2.24, 2.45) is 0 Å². The molecule has 0 aliphatic heterocycles. The normalized spacial score (nSPS) is 9.90. The van der Waals surface area contributed by atoms with Crippen molar-refractivity contribution < 1.29 is 5.11 Å². The van der Waals surface area contributed by atoms with E-state index in [1.807, 2.05) is 19.9 Å². The molecule has 0 unspecified atom stereocenters. The van der Waals surface area contributed by atoms with Gasteiger partial charge in [0.05, 0.1) is 0 Å². The summed E-state index contributed by atoms with van der Waals surface area (Å²) < 4.78 is 0. The maximum Gasteiger partial charge on any atom is 0.119 e. The highest BCUT2D eigenvalue weighted by molar-refractivity contribution is 7.80. The zero-order chi connectivity index (χ0) is 7.72. The van der Waals surface area contributed by atoms with Crippen LogP contribution in [-0.2, 0) is 0 Å². The Hall–Kier alpha value is -0.630. The third-order valence-corrected chi connectivity index (χ3v) is 1.88. The van der Waals surface area contributed by atoms with E-state index in [0.29, 0.717) is 5.75 Å². The van der Waals surface area contributed by atoms with Crippen molar-refractivity contribution in [3.8, 4) is 5.75 Å². The third kappa shape index (κ3) is 1.27. The van der Waals surface area contributed by atoms with Gasteiger partial charge in [-0.15, -0.1) is 12.6 Å². The summed E-state index contributed by atoms with van der Waals surface area (Å²) in [4.78, 5) is 0.806. The van der Waals surface area contributed by atoms with E-state index in [-0.39, 0.29) is 0 Å². The van der Waals surface area contributed by atoms with Gasteiger partial charge in [0.2, 0.25) is 0 Å². The summed E-state index contributed by atoms with van der Waals surface area (Å²) in [7, 11) is 0. The molecule has 10 heavy (non-hydrogen) atoms. The molecule has 1 rings (SSSR count). The van der Waals surface area contributed by atoms with E-state index in [1.54, 1.807) is 6.07 Å². The molecule has 0 spiro atoms. The molecule has 0 amide bonds. The van der Waals surface area contributed by atoms with Crippen LogP contribution in [0.25, 0.3) is 0 Å². The van der Waals surface area contributed by atoms with Gasteiger partial charge in [-0.1, -0.05) is 0 Å². The van der Waals surface area contributed by atoms with Crippen molar-refractivity contribution >= 4 is 12.6 Å². The number of benzene rings is 1. The quantitative estimate of drug-likeness (QED) is 0.549. The van der Waals surface area contributed by atoms with Crippen molar-refractivity contribution in [2.45, 2.75) is 18.7 Å². The van der Waals surface area contributed by atoms with Gasteiger partial charge in [-0.2, -0.15) is 0 Å². The Morgan fingerprint density at radius 2 is 1.90 bits per heavy atom. The first kappa shape index (κ1) is 7.48. The van der Waals surface area contributed by atoms with Crippen molar-refractivity contribution in [3.63, 3.8) is 0 Å². The zero-order valence-electron chi connectivity index (χ0n) is 6.05. The Bertz CT molecular complexity index is 232. The lowest BCUT2D eigenvalue weighted by Gasteiger charge is -2.02. The molecule has 0 fully saturated rings. The summed E-state index contributed by atoms with van der Waals surface area (Å²) in [5, 5.41) is 9.23. The average molecular weight is 154 g/mol. The zero-order valence-corrected chi connectivity index (χ0v) is 6.94. The van der Waals surface area contributed by atoms with Crippen LogP contribution in [0, 0.1) is 13.8 Å². The molecule has 0 aromatic heterocycles. The van der Waals surface area contributed by atoms with Crippen molar-refractivity contribution in [1.29, 1.82) is 0 Å². The number of thiol groups is 1. The molecule has 0 radical (unpaired) electrons. The summed E-state index contributed by atoms with van der Waals surface area (Å²) in [5.74, 6) is 0.324. The lowest BCUT2D eigenvalue weighted by molar-refractivity contribution is 0.469. The van der Waals surface area contributed by atoms with Crippen molar-refractivity contribution in [1.82, 2.24) is 0 Å². The first-order chi connectivity index (χ1) is 4.61. The molecule has 1 N–H and O–H groups in total. The molecule has 2 heteroatoms. The smallest absolute Gasteiger partial charge is 0.119 e. The minimum atomic E-state index is 0.324. The van der Waals surface area contributed by atoms with Gasteiger partial charge in [0.1, 0.15) is 5.75 Å². The third-order valence-electron chi connectivity index (χ3n) is 1.62. The van der Waals surface area contributed by atoms with Gasteiger partial charge in [-0.25, -0.2) is 0 Å². The average Bonchev–Trinajstić information content (AvgIpc) is 1.82. The number of phenols is 1. The van der Waals surface area contributed by atoms with Gasteiger partial charge in [0.25, 0.3) is 0 Å². The van der Waals surface area contributed by atoms with Crippen LogP contribution in [0.15, 0.2) is 17.0 Å². The molecule has 0 bridgehead atoms. The van der Waals surface area contributed by atoms with Crippen LogP contribution in [0.3, 0.4) is 0 Å². The van der Waals surface area contributed by atoms with Gasteiger partial charge in [0.15, 0.2) is 0 Å². The summed E-state index contributed by atoms with van der Waals surface area (Å²) in [5.41, 5.74) is 2.00. The minimum absolute atomic E-state index is 0.324. The fourth-order valence-corrected chi connectivity index (χ4v) is 1.14. The number of aromatic hydroxyl groups is 1. The minimum Gasteiger partial charge on any atom is -0.508 e. The summed E-state index contributed by atoms with van der Waals surface area (Å²) in [6.07, 6.45) is 0. The molecule has 1 nitrogen and oxygen atoms in total. The second-order valence-corrected chi connectivity index (χ2v) is 2.92. The summed E-state index contributed by atoms with van der Waals surface area (Å²) in [6.45, 7) is 3.84. The van der Waals surface area contributed by atoms with Crippen LogP contribution >= 0.6 is 12.6 Å². The van der Waals surface area contributed by atoms with Gasteiger partial charge in [0, 0.05) is 4.90 Å². The molecule has 0 aliphatic carbocycles. The molecule has 0 saturated heterocycles. The molecule has 0 heterocycles. The lowest BCUT2D eigenvalue weighted by atomic mass is 10.1. The van der Waals surface area contributed by atoms with E-state index in [1.165, 1.54) is 0 Å². The van der Waals surface area contributed by atoms with Crippen LogP contribution in [0.5, 0.6) is 5.75 Å². The maximum absolute atomic E-state index is 9.23. The highest BCUT2D eigenvalue weighted by atomic mass is 32.1. The highest BCUT2D eigenvalue weighted by Gasteiger charge is 1.99. The van der Waals surface area contributed by atoms with E-state index in [0.717, 1.165) is 16.0 Å². The van der Waals surface area contributed by atoms with Crippen LogP contribution in [0.1, 0.15) is 11.1 Å². The Balaban J connectivity index is 3.31. The molecule has 0 saturated carbocycles. The second-order valence-electron chi connectivity index (χ2n) is 2.41. The predicted octanol–water partition coefficient (Wildman–Crippen LogP) is 2.30. The number of phenolic OH excluding ortho intramolecular Hbond substituents is 1. The standard InChI is InChI=1S/C8H10OS/c1-5-3-7(10)4-8(9)6(5)2/h3-4,9-10H,1-2H3. The fraction of sp³-hybridized carbons (Fsp3) is 0.250. The van der Waals surface area contributed by atoms with Crippen molar-refractivity contribution in [2.75, 3.05) is 0 Å². The Kier molecular flexibility index (Phi) is 1.90. The van der Waals surface area contributed by atoms with E-state index in [9.17, 15) is 5.11 Å². The first-order valence-corrected chi connectivity index (χ1v) is 3.55.